The second kappa shape index (κ2) is 9.03. The molecule has 0 unspecified atom stereocenters. The summed E-state index contributed by atoms with van der Waals surface area (Å²) >= 11 is 0. The average Bonchev–Trinajstić information content (AvgIpc) is 3.02. The standard InChI is InChI=1S/C22H29N7O2/c1-13-6-7-29(26-11-17-10-25-28(5)16(17)4)22(31)18(13)9-21(30)24-12-19-14(2)8-20(23)27-15(19)3/h6-8,10,26H,9,11-12H2,1-5H3,(H2,23,27)(H,24,30). The number of rotatable bonds is 7. The van der Waals surface area contributed by atoms with Crippen LogP contribution >= 0.6 is 0 Å². The molecule has 31 heavy (non-hydrogen) atoms. The van der Waals surface area contributed by atoms with Crippen LogP contribution in [0.2, 0.25) is 0 Å². The summed E-state index contributed by atoms with van der Waals surface area (Å²) in [5, 5.41) is 7.10. The first kappa shape index (κ1) is 22.1. The zero-order valence-electron chi connectivity index (χ0n) is 18.6. The van der Waals surface area contributed by atoms with Crippen LogP contribution in [0, 0.1) is 27.7 Å². The number of nitrogens with zero attached hydrogens (tertiary/aromatic N) is 4. The van der Waals surface area contributed by atoms with Gasteiger partial charge in [-0.1, -0.05) is 0 Å². The Balaban J connectivity index is 1.69. The van der Waals surface area contributed by atoms with Gasteiger partial charge in [0.25, 0.3) is 5.56 Å². The second-order valence-corrected chi connectivity index (χ2v) is 7.75. The maximum atomic E-state index is 12.9. The van der Waals surface area contributed by atoms with Crippen molar-refractivity contribution in [2.75, 3.05) is 11.2 Å². The second-order valence-electron chi connectivity index (χ2n) is 7.75. The van der Waals surface area contributed by atoms with Crippen LogP contribution in [0.1, 0.15) is 39.2 Å². The Morgan fingerprint density at radius 1 is 1.13 bits per heavy atom. The fraction of sp³-hybridized carbons (Fsp3) is 0.364. The van der Waals surface area contributed by atoms with Crippen molar-refractivity contribution in [3.8, 4) is 0 Å². The van der Waals surface area contributed by atoms with Crippen LogP contribution in [0.5, 0.6) is 0 Å². The van der Waals surface area contributed by atoms with Crippen molar-refractivity contribution in [3.63, 3.8) is 0 Å². The van der Waals surface area contributed by atoms with Gasteiger partial charge in [-0.25, -0.2) is 9.66 Å². The van der Waals surface area contributed by atoms with Gasteiger partial charge >= 0.3 is 0 Å². The zero-order chi connectivity index (χ0) is 22.7. The summed E-state index contributed by atoms with van der Waals surface area (Å²) in [6.45, 7) is 8.39. The molecule has 0 aromatic carbocycles. The minimum Gasteiger partial charge on any atom is -0.384 e. The van der Waals surface area contributed by atoms with E-state index < -0.39 is 0 Å². The Hall–Kier alpha value is -3.62. The maximum Gasteiger partial charge on any atom is 0.272 e. The van der Waals surface area contributed by atoms with E-state index in [2.05, 4.69) is 20.8 Å². The van der Waals surface area contributed by atoms with Crippen molar-refractivity contribution >= 4 is 11.7 Å². The lowest BCUT2D eigenvalue weighted by Crippen LogP contribution is -2.34. The average molecular weight is 424 g/mol. The molecular formula is C22H29N7O2. The first-order valence-electron chi connectivity index (χ1n) is 10.1. The predicted octanol–water partition coefficient (Wildman–Crippen LogP) is 1.40. The van der Waals surface area contributed by atoms with Gasteiger partial charge in [0.2, 0.25) is 5.91 Å². The number of carbonyl (C=O) groups excluding carboxylic acids is 1. The molecule has 3 aromatic rings. The number of aryl methyl sites for hydroxylation is 4. The number of pyridine rings is 2. The molecule has 164 valence electrons. The number of hydrogen-bond donors (Lipinski definition) is 3. The van der Waals surface area contributed by atoms with Gasteiger partial charge in [0, 0.05) is 42.3 Å². The molecule has 0 fully saturated rings. The first-order chi connectivity index (χ1) is 14.7. The summed E-state index contributed by atoms with van der Waals surface area (Å²) in [6, 6.07) is 3.61. The lowest BCUT2D eigenvalue weighted by molar-refractivity contribution is -0.120. The fourth-order valence-corrected chi connectivity index (χ4v) is 3.46. The highest BCUT2D eigenvalue weighted by atomic mass is 16.2. The molecule has 0 saturated carbocycles. The summed E-state index contributed by atoms with van der Waals surface area (Å²) in [7, 11) is 1.87. The van der Waals surface area contributed by atoms with Crippen molar-refractivity contribution in [1.29, 1.82) is 0 Å². The smallest absolute Gasteiger partial charge is 0.272 e. The number of carbonyl (C=O) groups is 1. The molecule has 3 rings (SSSR count). The fourth-order valence-electron chi connectivity index (χ4n) is 3.46. The van der Waals surface area contributed by atoms with Crippen LogP contribution in [0.4, 0.5) is 5.82 Å². The van der Waals surface area contributed by atoms with Gasteiger partial charge in [-0.3, -0.25) is 14.3 Å². The third-order valence-corrected chi connectivity index (χ3v) is 5.58. The Morgan fingerprint density at radius 3 is 2.52 bits per heavy atom. The Kier molecular flexibility index (Phi) is 6.43. The Morgan fingerprint density at radius 2 is 1.87 bits per heavy atom. The largest absolute Gasteiger partial charge is 0.384 e. The summed E-state index contributed by atoms with van der Waals surface area (Å²) in [5.74, 6) is 0.233. The number of nitrogens with one attached hydrogen (secondary N) is 2. The molecule has 0 atom stereocenters. The van der Waals surface area contributed by atoms with Crippen molar-refractivity contribution in [2.45, 2.75) is 47.2 Å². The first-order valence-corrected chi connectivity index (χ1v) is 10.1. The molecule has 0 radical (unpaired) electrons. The number of anilines is 1. The normalized spacial score (nSPS) is 10.9. The molecule has 0 saturated heterocycles. The van der Waals surface area contributed by atoms with Crippen LogP contribution in [0.3, 0.4) is 0 Å². The van der Waals surface area contributed by atoms with Crippen molar-refractivity contribution in [3.05, 3.63) is 74.1 Å². The molecule has 9 nitrogen and oxygen atoms in total. The van der Waals surface area contributed by atoms with Gasteiger partial charge in [-0.15, -0.1) is 0 Å². The van der Waals surface area contributed by atoms with E-state index in [0.717, 1.165) is 33.6 Å². The molecule has 0 aliphatic rings. The minimum atomic E-state index is -0.238. The highest BCUT2D eigenvalue weighted by Gasteiger charge is 2.14. The van der Waals surface area contributed by atoms with Crippen LogP contribution in [-0.2, 0) is 31.4 Å². The summed E-state index contributed by atoms with van der Waals surface area (Å²) in [5.41, 5.74) is 14.6. The van der Waals surface area contributed by atoms with Crippen LogP contribution in [0.15, 0.2) is 29.3 Å². The van der Waals surface area contributed by atoms with Gasteiger partial charge in [-0.2, -0.15) is 5.10 Å². The number of amides is 1. The van der Waals surface area contributed by atoms with Crippen molar-refractivity contribution < 1.29 is 4.79 Å². The molecule has 4 N–H and O–H groups in total. The molecule has 0 spiro atoms. The Bertz CT molecular complexity index is 1150. The SMILES string of the molecule is Cc1cc(N)nc(C)c1CNC(=O)Cc1c(C)ccn(NCc2cnn(C)c2C)c1=O. The topological polar surface area (TPSA) is 120 Å². The molecule has 3 heterocycles. The summed E-state index contributed by atoms with van der Waals surface area (Å²) in [6.07, 6.45) is 3.45. The Labute approximate surface area is 181 Å². The van der Waals surface area contributed by atoms with Crippen LogP contribution < -0.4 is 22.0 Å². The third-order valence-electron chi connectivity index (χ3n) is 5.58. The van der Waals surface area contributed by atoms with E-state index in [-0.39, 0.29) is 17.9 Å². The highest BCUT2D eigenvalue weighted by molar-refractivity contribution is 5.78. The zero-order valence-corrected chi connectivity index (χ0v) is 18.6. The lowest BCUT2D eigenvalue weighted by atomic mass is 10.1. The predicted molar refractivity (Wildman–Crippen MR) is 120 cm³/mol. The quantitative estimate of drug-likeness (QED) is 0.528. The molecule has 1 amide bonds. The molecular weight excluding hydrogens is 394 g/mol. The van der Waals surface area contributed by atoms with E-state index in [1.54, 1.807) is 23.1 Å². The van der Waals surface area contributed by atoms with E-state index in [0.29, 0.717) is 24.5 Å². The van der Waals surface area contributed by atoms with Crippen molar-refractivity contribution in [1.82, 2.24) is 24.8 Å². The van der Waals surface area contributed by atoms with Gasteiger partial charge in [0.15, 0.2) is 0 Å². The third kappa shape index (κ3) is 4.93. The molecule has 0 aliphatic carbocycles. The van der Waals surface area contributed by atoms with Crippen LogP contribution in [-0.4, -0.2) is 25.3 Å². The van der Waals surface area contributed by atoms with Gasteiger partial charge in [0.05, 0.1) is 19.2 Å². The molecule has 3 aromatic heterocycles. The lowest BCUT2D eigenvalue weighted by Gasteiger charge is -2.14. The van der Waals surface area contributed by atoms with Crippen molar-refractivity contribution in [2.24, 2.45) is 7.05 Å². The number of hydrogen-bond acceptors (Lipinski definition) is 6. The van der Waals surface area contributed by atoms with Gasteiger partial charge in [-0.05, 0) is 56.5 Å². The highest BCUT2D eigenvalue weighted by Crippen LogP contribution is 2.14. The van der Waals surface area contributed by atoms with E-state index >= 15 is 0 Å². The maximum absolute atomic E-state index is 12.9. The van der Waals surface area contributed by atoms with E-state index in [4.69, 9.17) is 5.73 Å². The number of nitrogen functional groups attached to an aromatic ring is 1. The van der Waals surface area contributed by atoms with E-state index in [1.807, 2.05) is 40.8 Å². The number of nitrogens with two attached hydrogens (primary N) is 1. The molecule has 0 aliphatic heterocycles. The van der Waals surface area contributed by atoms with Crippen LogP contribution in [0.25, 0.3) is 0 Å². The van der Waals surface area contributed by atoms with E-state index in [9.17, 15) is 9.59 Å². The monoisotopic (exact) mass is 423 g/mol. The molecule has 0 bridgehead atoms. The summed E-state index contributed by atoms with van der Waals surface area (Å²) in [4.78, 5) is 29.8. The summed E-state index contributed by atoms with van der Waals surface area (Å²) < 4.78 is 3.20. The minimum absolute atomic E-state index is 0.000394. The number of aromatic nitrogens is 4. The van der Waals surface area contributed by atoms with Gasteiger partial charge < -0.3 is 16.5 Å². The molecule has 9 heteroatoms. The van der Waals surface area contributed by atoms with E-state index in [1.165, 1.54) is 4.68 Å². The van der Waals surface area contributed by atoms with Gasteiger partial charge in [0.1, 0.15) is 5.82 Å².